The normalized spacial score (nSPS) is 15.5. The van der Waals surface area contributed by atoms with Gasteiger partial charge in [-0.25, -0.2) is 8.42 Å². The zero-order valence-corrected chi connectivity index (χ0v) is 14.6. The molecule has 26 heavy (non-hydrogen) atoms. The average Bonchev–Trinajstić information content (AvgIpc) is 2.62. The molecule has 138 valence electrons. The number of hydrogen-bond donors (Lipinski definition) is 2. The molecule has 1 heterocycles. The summed E-state index contributed by atoms with van der Waals surface area (Å²) in [6.07, 6.45) is 0. The minimum Gasteiger partial charge on any atom is -0.456 e. The number of nitrogen functional groups attached to an aromatic ring is 1. The van der Waals surface area contributed by atoms with Crippen LogP contribution in [0.25, 0.3) is 0 Å². The number of nitrogens with two attached hydrogens (primary N) is 1. The van der Waals surface area contributed by atoms with Gasteiger partial charge >= 0.3 is 0 Å². The lowest BCUT2D eigenvalue weighted by atomic mass is 10.3. The van der Waals surface area contributed by atoms with Crippen molar-refractivity contribution in [3.8, 4) is 11.5 Å². The molecule has 1 fully saturated rings. The molecular formula is C16H18N4O5S. The highest BCUT2D eigenvalue weighted by Crippen LogP contribution is 2.34. The second-order valence-electron chi connectivity index (χ2n) is 5.72. The molecule has 0 radical (unpaired) electrons. The number of hydrogen-bond acceptors (Lipinski definition) is 7. The van der Waals surface area contributed by atoms with E-state index in [-0.39, 0.29) is 29.4 Å². The third-order valence-electron chi connectivity index (χ3n) is 3.92. The predicted molar refractivity (Wildman–Crippen MR) is 95.7 cm³/mol. The van der Waals surface area contributed by atoms with Crippen LogP contribution in [0.15, 0.2) is 47.4 Å². The molecule has 0 amide bonds. The van der Waals surface area contributed by atoms with E-state index in [1.807, 2.05) is 0 Å². The van der Waals surface area contributed by atoms with Crippen LogP contribution in [-0.2, 0) is 10.0 Å². The summed E-state index contributed by atoms with van der Waals surface area (Å²) in [4.78, 5) is 10.2. The lowest BCUT2D eigenvalue weighted by molar-refractivity contribution is -0.385. The molecule has 0 saturated carbocycles. The van der Waals surface area contributed by atoms with Crippen molar-refractivity contribution in [3.05, 3.63) is 52.6 Å². The minimum atomic E-state index is -3.95. The zero-order valence-electron chi connectivity index (χ0n) is 13.8. The number of nitro groups is 1. The fourth-order valence-electron chi connectivity index (χ4n) is 2.62. The number of nitro benzene ring substituents is 1. The molecule has 1 saturated heterocycles. The Labute approximate surface area is 150 Å². The van der Waals surface area contributed by atoms with Crippen molar-refractivity contribution in [1.29, 1.82) is 0 Å². The molecule has 10 heteroatoms. The van der Waals surface area contributed by atoms with E-state index in [9.17, 15) is 18.5 Å². The number of nitrogens with zero attached hydrogens (tertiary/aromatic N) is 2. The Balaban J connectivity index is 2.05. The van der Waals surface area contributed by atoms with Crippen LogP contribution in [0.5, 0.6) is 11.5 Å². The van der Waals surface area contributed by atoms with E-state index >= 15 is 0 Å². The van der Waals surface area contributed by atoms with Gasteiger partial charge in [0.05, 0.1) is 4.92 Å². The molecule has 9 nitrogen and oxygen atoms in total. The number of benzene rings is 2. The average molecular weight is 378 g/mol. The van der Waals surface area contributed by atoms with Gasteiger partial charge in [0, 0.05) is 50.1 Å². The van der Waals surface area contributed by atoms with Gasteiger partial charge in [0.2, 0.25) is 10.0 Å². The van der Waals surface area contributed by atoms with E-state index < -0.39 is 14.9 Å². The fraction of sp³-hybridized carbons (Fsp3) is 0.250. The van der Waals surface area contributed by atoms with Crippen molar-refractivity contribution < 1.29 is 18.1 Å². The molecule has 2 aromatic carbocycles. The summed E-state index contributed by atoms with van der Waals surface area (Å²) in [5.74, 6) is 0.357. The van der Waals surface area contributed by atoms with E-state index in [0.29, 0.717) is 24.5 Å². The van der Waals surface area contributed by atoms with Crippen molar-refractivity contribution in [2.24, 2.45) is 0 Å². The van der Waals surface area contributed by atoms with Gasteiger partial charge in [0.15, 0.2) is 0 Å². The maximum Gasteiger partial charge on any atom is 0.271 e. The summed E-state index contributed by atoms with van der Waals surface area (Å²) in [5, 5.41) is 14.2. The van der Waals surface area contributed by atoms with Crippen molar-refractivity contribution >= 4 is 21.4 Å². The first-order valence-corrected chi connectivity index (χ1v) is 9.34. The predicted octanol–water partition coefficient (Wildman–Crippen LogP) is 1.56. The highest BCUT2D eigenvalue weighted by atomic mass is 32.2. The van der Waals surface area contributed by atoms with Crippen molar-refractivity contribution in [1.82, 2.24) is 9.62 Å². The fourth-order valence-corrected chi connectivity index (χ4v) is 4.20. The topological polar surface area (TPSA) is 128 Å². The summed E-state index contributed by atoms with van der Waals surface area (Å²) in [5.41, 5.74) is 5.85. The van der Waals surface area contributed by atoms with Crippen LogP contribution in [0.2, 0.25) is 0 Å². The van der Waals surface area contributed by atoms with E-state index in [0.717, 1.165) is 6.07 Å². The van der Waals surface area contributed by atoms with Crippen LogP contribution < -0.4 is 15.8 Å². The molecule has 0 bridgehead atoms. The van der Waals surface area contributed by atoms with Gasteiger partial charge in [0.1, 0.15) is 16.4 Å². The molecule has 3 N–H and O–H groups in total. The molecule has 3 rings (SSSR count). The van der Waals surface area contributed by atoms with Gasteiger partial charge < -0.3 is 15.8 Å². The van der Waals surface area contributed by atoms with Crippen LogP contribution in [0.1, 0.15) is 0 Å². The Bertz CT molecular complexity index is 926. The van der Waals surface area contributed by atoms with E-state index in [1.54, 1.807) is 24.3 Å². The molecule has 0 unspecified atom stereocenters. The number of sulfonamides is 1. The van der Waals surface area contributed by atoms with Crippen LogP contribution in [0.4, 0.5) is 11.4 Å². The number of rotatable bonds is 5. The van der Waals surface area contributed by atoms with Crippen molar-refractivity contribution in [2.45, 2.75) is 4.90 Å². The Morgan fingerprint density at radius 1 is 1.15 bits per heavy atom. The van der Waals surface area contributed by atoms with Crippen LogP contribution in [0.3, 0.4) is 0 Å². The third kappa shape index (κ3) is 3.77. The molecule has 0 aromatic heterocycles. The maximum atomic E-state index is 13.0. The van der Waals surface area contributed by atoms with Gasteiger partial charge in [-0.05, 0) is 18.2 Å². The van der Waals surface area contributed by atoms with Crippen molar-refractivity contribution in [2.75, 3.05) is 31.9 Å². The van der Waals surface area contributed by atoms with Crippen molar-refractivity contribution in [3.63, 3.8) is 0 Å². The number of piperazine rings is 1. The second kappa shape index (κ2) is 7.28. The zero-order chi connectivity index (χ0) is 18.7. The molecule has 0 aliphatic carbocycles. The van der Waals surface area contributed by atoms with Gasteiger partial charge in [-0.1, -0.05) is 6.07 Å². The standard InChI is InChI=1S/C16H18N4O5S/c17-12-2-1-3-14(10-12)25-15-5-4-13(20(21)22)11-16(15)26(23,24)19-8-6-18-7-9-19/h1-5,10-11,18H,6-9,17H2. The van der Waals surface area contributed by atoms with Crippen LogP contribution in [-0.4, -0.2) is 43.8 Å². The van der Waals surface area contributed by atoms with E-state index in [1.165, 1.54) is 16.4 Å². The monoisotopic (exact) mass is 378 g/mol. The lowest BCUT2D eigenvalue weighted by Crippen LogP contribution is -2.46. The highest BCUT2D eigenvalue weighted by molar-refractivity contribution is 7.89. The van der Waals surface area contributed by atoms with E-state index in [4.69, 9.17) is 10.5 Å². The first-order valence-electron chi connectivity index (χ1n) is 7.90. The van der Waals surface area contributed by atoms with Crippen LogP contribution in [0, 0.1) is 10.1 Å². The Hall–Kier alpha value is -2.69. The summed E-state index contributed by atoms with van der Waals surface area (Å²) in [7, 11) is -3.95. The largest absolute Gasteiger partial charge is 0.456 e. The van der Waals surface area contributed by atoms with Crippen LogP contribution >= 0.6 is 0 Å². The smallest absolute Gasteiger partial charge is 0.271 e. The summed E-state index contributed by atoms with van der Waals surface area (Å²) in [6.45, 7) is 1.59. The minimum absolute atomic E-state index is 0.0136. The molecule has 1 aliphatic rings. The second-order valence-corrected chi connectivity index (χ2v) is 7.62. The Kier molecular flexibility index (Phi) is 5.07. The first-order chi connectivity index (χ1) is 12.4. The summed E-state index contributed by atoms with van der Waals surface area (Å²) in [6, 6.07) is 10.0. The number of non-ortho nitro benzene ring substituents is 1. The van der Waals surface area contributed by atoms with Gasteiger partial charge in [-0.3, -0.25) is 10.1 Å². The molecule has 0 spiro atoms. The Morgan fingerprint density at radius 2 is 1.88 bits per heavy atom. The highest BCUT2D eigenvalue weighted by Gasteiger charge is 2.31. The number of nitrogens with one attached hydrogen (secondary N) is 1. The number of ether oxygens (including phenoxy) is 1. The van der Waals surface area contributed by atoms with Gasteiger partial charge in [-0.15, -0.1) is 0 Å². The Morgan fingerprint density at radius 3 is 2.54 bits per heavy atom. The number of anilines is 1. The lowest BCUT2D eigenvalue weighted by Gasteiger charge is -2.27. The first kappa shape index (κ1) is 18.1. The van der Waals surface area contributed by atoms with Gasteiger partial charge in [0.25, 0.3) is 5.69 Å². The van der Waals surface area contributed by atoms with Gasteiger partial charge in [-0.2, -0.15) is 4.31 Å². The third-order valence-corrected chi connectivity index (χ3v) is 5.84. The summed E-state index contributed by atoms with van der Waals surface area (Å²) < 4.78 is 33.0. The van der Waals surface area contributed by atoms with E-state index in [2.05, 4.69) is 5.32 Å². The summed E-state index contributed by atoms with van der Waals surface area (Å²) >= 11 is 0. The maximum absolute atomic E-state index is 13.0. The quantitative estimate of drug-likeness (QED) is 0.459. The molecule has 1 aliphatic heterocycles. The SMILES string of the molecule is Nc1cccc(Oc2ccc([N+](=O)[O-])cc2S(=O)(=O)N2CCNCC2)c1. The molecule has 0 atom stereocenters. The molecule has 2 aromatic rings. The molecular weight excluding hydrogens is 360 g/mol.